The first kappa shape index (κ1) is 19.9. The van der Waals surface area contributed by atoms with E-state index in [1.165, 1.54) is 5.56 Å². The van der Waals surface area contributed by atoms with Crippen LogP contribution in [-0.2, 0) is 9.59 Å². The molecule has 0 spiro atoms. The molecule has 1 aliphatic heterocycles. The van der Waals surface area contributed by atoms with Crippen molar-refractivity contribution in [2.24, 2.45) is 11.8 Å². The Morgan fingerprint density at radius 2 is 1.67 bits per heavy atom. The van der Waals surface area contributed by atoms with E-state index in [-0.39, 0.29) is 23.8 Å². The predicted octanol–water partition coefficient (Wildman–Crippen LogP) is 2.83. The van der Waals surface area contributed by atoms with Gasteiger partial charge < -0.3 is 10.2 Å². The molecular formula is C22H33N3O2. The second-order valence-electron chi connectivity index (χ2n) is 7.77. The standard InChI is InChI=1S/C22H33N3O2/c1-3-24(4-2)20(17-8-6-5-7-9-17)16-23-21(26)18-12-14-25(15-13-18)22(27)19-10-11-19/h5-9,18-20H,3-4,10-16H2,1-2H3,(H,23,26). The van der Waals surface area contributed by atoms with Gasteiger partial charge in [0.1, 0.15) is 0 Å². The zero-order valence-electron chi connectivity index (χ0n) is 16.7. The van der Waals surface area contributed by atoms with Gasteiger partial charge in [-0.05, 0) is 44.3 Å². The van der Waals surface area contributed by atoms with Gasteiger partial charge in [-0.3, -0.25) is 14.5 Å². The lowest BCUT2D eigenvalue weighted by atomic mass is 9.95. The van der Waals surface area contributed by atoms with E-state index in [0.29, 0.717) is 12.5 Å². The molecule has 2 aliphatic rings. The van der Waals surface area contributed by atoms with Crippen LogP contribution in [0.1, 0.15) is 51.1 Å². The van der Waals surface area contributed by atoms with E-state index in [4.69, 9.17) is 0 Å². The van der Waals surface area contributed by atoms with Crippen molar-refractivity contribution in [3.8, 4) is 0 Å². The first-order valence-corrected chi connectivity index (χ1v) is 10.5. The fourth-order valence-corrected chi connectivity index (χ4v) is 4.09. The molecule has 5 nitrogen and oxygen atoms in total. The summed E-state index contributed by atoms with van der Waals surface area (Å²) in [4.78, 5) is 29.2. The largest absolute Gasteiger partial charge is 0.354 e. The highest BCUT2D eigenvalue weighted by Gasteiger charge is 2.36. The van der Waals surface area contributed by atoms with Crippen LogP contribution < -0.4 is 5.32 Å². The number of likely N-dealkylation sites (tertiary alicyclic amines) is 1. The van der Waals surface area contributed by atoms with Crippen LogP contribution in [0.5, 0.6) is 0 Å². The Labute approximate surface area is 163 Å². The van der Waals surface area contributed by atoms with Gasteiger partial charge in [0.15, 0.2) is 0 Å². The third-order valence-electron chi connectivity index (χ3n) is 6.01. The molecule has 1 saturated carbocycles. The van der Waals surface area contributed by atoms with Crippen LogP contribution in [0.3, 0.4) is 0 Å². The second kappa shape index (κ2) is 9.36. The van der Waals surface area contributed by atoms with Crippen molar-refractivity contribution < 1.29 is 9.59 Å². The highest BCUT2D eigenvalue weighted by molar-refractivity contribution is 5.82. The predicted molar refractivity (Wildman–Crippen MR) is 107 cm³/mol. The first-order valence-electron chi connectivity index (χ1n) is 10.5. The van der Waals surface area contributed by atoms with Crippen LogP contribution in [0.4, 0.5) is 0 Å². The van der Waals surface area contributed by atoms with Gasteiger partial charge in [0.2, 0.25) is 11.8 Å². The lowest BCUT2D eigenvalue weighted by molar-refractivity contribution is -0.136. The zero-order chi connectivity index (χ0) is 19.2. The summed E-state index contributed by atoms with van der Waals surface area (Å²) < 4.78 is 0. The van der Waals surface area contributed by atoms with E-state index in [2.05, 4.69) is 48.3 Å². The molecule has 1 unspecified atom stereocenters. The molecule has 1 atom stereocenters. The zero-order valence-corrected chi connectivity index (χ0v) is 16.7. The molecule has 0 aromatic heterocycles. The number of likely N-dealkylation sites (N-methyl/N-ethyl adjacent to an activating group) is 1. The molecule has 3 rings (SSSR count). The number of nitrogens with zero attached hydrogens (tertiary/aromatic N) is 2. The Morgan fingerprint density at radius 3 is 2.22 bits per heavy atom. The van der Waals surface area contributed by atoms with E-state index in [1.807, 2.05) is 11.0 Å². The van der Waals surface area contributed by atoms with Crippen LogP contribution in [0.15, 0.2) is 30.3 Å². The van der Waals surface area contributed by atoms with Crippen molar-refractivity contribution in [3.63, 3.8) is 0 Å². The monoisotopic (exact) mass is 371 g/mol. The number of rotatable bonds is 8. The number of carbonyl (C=O) groups is 2. The molecule has 1 N–H and O–H groups in total. The molecule has 1 saturated heterocycles. The van der Waals surface area contributed by atoms with Crippen LogP contribution in [0, 0.1) is 11.8 Å². The Bertz CT molecular complexity index is 618. The molecule has 2 fully saturated rings. The van der Waals surface area contributed by atoms with Crippen molar-refractivity contribution in [2.45, 2.75) is 45.6 Å². The van der Waals surface area contributed by atoms with Gasteiger partial charge in [0, 0.05) is 31.5 Å². The minimum atomic E-state index is 0.0291. The fourth-order valence-electron chi connectivity index (χ4n) is 4.09. The Kier molecular flexibility index (Phi) is 6.89. The normalized spacial score (nSPS) is 19.1. The topological polar surface area (TPSA) is 52.7 Å². The summed E-state index contributed by atoms with van der Waals surface area (Å²) in [5.74, 6) is 0.749. The van der Waals surface area contributed by atoms with Gasteiger partial charge in [-0.2, -0.15) is 0 Å². The van der Waals surface area contributed by atoms with Crippen molar-refractivity contribution in [2.75, 3.05) is 32.7 Å². The van der Waals surface area contributed by atoms with Crippen molar-refractivity contribution in [1.29, 1.82) is 0 Å². The summed E-state index contributed by atoms with van der Waals surface area (Å²) in [6.45, 7) is 8.31. The summed E-state index contributed by atoms with van der Waals surface area (Å²) in [5.41, 5.74) is 1.24. The van der Waals surface area contributed by atoms with E-state index < -0.39 is 0 Å². The van der Waals surface area contributed by atoms with Gasteiger partial charge in [-0.1, -0.05) is 44.2 Å². The highest BCUT2D eigenvalue weighted by atomic mass is 16.2. The summed E-state index contributed by atoms with van der Waals surface area (Å²) in [5, 5.41) is 3.20. The van der Waals surface area contributed by atoms with Crippen LogP contribution in [0.2, 0.25) is 0 Å². The summed E-state index contributed by atoms with van der Waals surface area (Å²) in [6.07, 6.45) is 3.66. The lowest BCUT2D eigenvalue weighted by Crippen LogP contribution is -2.45. The Balaban J connectivity index is 1.52. The Hall–Kier alpha value is -1.88. The smallest absolute Gasteiger partial charge is 0.225 e. The number of amides is 2. The van der Waals surface area contributed by atoms with Crippen molar-refractivity contribution >= 4 is 11.8 Å². The molecule has 1 heterocycles. The molecule has 27 heavy (non-hydrogen) atoms. The maximum atomic E-state index is 12.7. The minimum Gasteiger partial charge on any atom is -0.354 e. The third kappa shape index (κ3) is 5.10. The van der Waals surface area contributed by atoms with Crippen LogP contribution in [0.25, 0.3) is 0 Å². The maximum Gasteiger partial charge on any atom is 0.225 e. The number of nitrogens with one attached hydrogen (secondary N) is 1. The van der Waals surface area contributed by atoms with Gasteiger partial charge in [0.25, 0.3) is 0 Å². The van der Waals surface area contributed by atoms with E-state index in [0.717, 1.165) is 51.9 Å². The average molecular weight is 372 g/mol. The lowest BCUT2D eigenvalue weighted by Gasteiger charge is -2.33. The number of benzene rings is 1. The number of hydrogen-bond acceptors (Lipinski definition) is 3. The van der Waals surface area contributed by atoms with Crippen LogP contribution in [-0.4, -0.2) is 54.3 Å². The summed E-state index contributed by atoms with van der Waals surface area (Å²) >= 11 is 0. The number of carbonyl (C=O) groups excluding carboxylic acids is 2. The SMILES string of the molecule is CCN(CC)C(CNC(=O)C1CCN(C(=O)C2CC2)CC1)c1ccccc1. The minimum absolute atomic E-state index is 0.0291. The average Bonchev–Trinajstić information content (AvgIpc) is 3.56. The molecule has 1 aliphatic carbocycles. The van der Waals surface area contributed by atoms with E-state index in [9.17, 15) is 9.59 Å². The molecular weight excluding hydrogens is 338 g/mol. The van der Waals surface area contributed by atoms with Gasteiger partial charge in [-0.25, -0.2) is 0 Å². The maximum absolute atomic E-state index is 12.7. The van der Waals surface area contributed by atoms with E-state index in [1.54, 1.807) is 0 Å². The van der Waals surface area contributed by atoms with Crippen LogP contribution >= 0.6 is 0 Å². The molecule has 1 aromatic rings. The molecule has 0 bridgehead atoms. The molecule has 148 valence electrons. The first-order chi connectivity index (χ1) is 13.1. The molecule has 1 aromatic carbocycles. The number of piperidine rings is 1. The van der Waals surface area contributed by atoms with Gasteiger partial charge >= 0.3 is 0 Å². The quantitative estimate of drug-likeness (QED) is 0.764. The summed E-state index contributed by atoms with van der Waals surface area (Å²) in [7, 11) is 0. The number of hydrogen-bond donors (Lipinski definition) is 1. The van der Waals surface area contributed by atoms with Crippen molar-refractivity contribution in [1.82, 2.24) is 15.1 Å². The second-order valence-corrected chi connectivity index (χ2v) is 7.77. The highest BCUT2D eigenvalue weighted by Crippen LogP contribution is 2.32. The summed E-state index contributed by atoms with van der Waals surface area (Å²) in [6, 6.07) is 10.6. The molecule has 5 heteroatoms. The fraction of sp³-hybridized carbons (Fsp3) is 0.636. The molecule has 2 amide bonds. The van der Waals surface area contributed by atoms with Crippen molar-refractivity contribution in [3.05, 3.63) is 35.9 Å². The van der Waals surface area contributed by atoms with Gasteiger partial charge in [-0.15, -0.1) is 0 Å². The van der Waals surface area contributed by atoms with E-state index >= 15 is 0 Å². The van der Waals surface area contributed by atoms with Gasteiger partial charge in [0.05, 0.1) is 6.04 Å². The third-order valence-corrected chi connectivity index (χ3v) is 6.01. The molecule has 0 radical (unpaired) electrons. The Morgan fingerprint density at radius 1 is 1.04 bits per heavy atom.